The Hall–Kier alpha value is -7.95. The van der Waals surface area contributed by atoms with E-state index < -0.39 is 0 Å². The molecule has 0 spiro atoms. The Morgan fingerprint density at radius 3 is 1.95 bits per heavy atom. The van der Waals surface area contributed by atoms with Crippen molar-refractivity contribution in [3.63, 3.8) is 0 Å². The van der Waals surface area contributed by atoms with Gasteiger partial charge in [0.15, 0.2) is 5.58 Å². The molecule has 12 rings (SSSR count). The van der Waals surface area contributed by atoms with Gasteiger partial charge in [-0.25, -0.2) is 4.98 Å². The average molecular weight is 754 g/mol. The molecule has 0 radical (unpaired) electrons. The molecular weight excluding hydrogens is 719 g/mol. The Morgan fingerprint density at radius 1 is 0.441 bits per heavy atom. The van der Waals surface area contributed by atoms with Crippen LogP contribution in [0.2, 0.25) is 0 Å². The Labute approximate surface area is 340 Å². The normalized spacial score (nSPS) is 11.7. The highest BCUT2D eigenvalue weighted by atomic mass is 16.3. The summed E-state index contributed by atoms with van der Waals surface area (Å²) in [6, 6.07) is 75.9. The van der Waals surface area contributed by atoms with Gasteiger partial charge in [-0.05, 0) is 93.8 Å². The van der Waals surface area contributed by atoms with Gasteiger partial charge in [0.25, 0.3) is 0 Å². The molecule has 2 aromatic heterocycles. The van der Waals surface area contributed by atoms with Gasteiger partial charge in [-0.15, -0.1) is 0 Å². The molecule has 4 nitrogen and oxygen atoms in total. The van der Waals surface area contributed by atoms with Crippen LogP contribution in [0.5, 0.6) is 0 Å². The summed E-state index contributed by atoms with van der Waals surface area (Å²) in [7, 11) is 0. The SMILES string of the molecule is c1ccc(-c2nc3ccc4ccc5ccc(N(c6ccc(-c7cccc8c9ccccc9n(-c9ccccc9)c78)cc6)c6cccc7ccccc67)cc5c4c3o2)cc1. The van der Waals surface area contributed by atoms with Crippen LogP contribution in [-0.4, -0.2) is 9.55 Å². The fraction of sp³-hybridized carbons (Fsp3) is 0. The Bertz CT molecular complexity index is 3540. The lowest BCUT2D eigenvalue weighted by Crippen LogP contribution is -2.10. The second-order valence-electron chi connectivity index (χ2n) is 15.1. The van der Waals surface area contributed by atoms with Crippen LogP contribution < -0.4 is 4.90 Å². The number of anilines is 3. The minimum Gasteiger partial charge on any atom is -0.435 e. The minimum atomic E-state index is 0.624. The van der Waals surface area contributed by atoms with Gasteiger partial charge in [0.05, 0.1) is 16.7 Å². The van der Waals surface area contributed by atoms with Crippen molar-refractivity contribution >= 4 is 82.3 Å². The van der Waals surface area contributed by atoms with Crippen LogP contribution in [0.25, 0.3) is 93.5 Å². The molecule has 0 atom stereocenters. The van der Waals surface area contributed by atoms with E-state index in [-0.39, 0.29) is 0 Å². The quantitative estimate of drug-likeness (QED) is 0.159. The zero-order chi connectivity index (χ0) is 38.9. The van der Waals surface area contributed by atoms with Crippen molar-refractivity contribution in [1.82, 2.24) is 9.55 Å². The van der Waals surface area contributed by atoms with E-state index in [0.717, 1.165) is 66.5 Å². The van der Waals surface area contributed by atoms with E-state index in [2.05, 4.69) is 191 Å². The molecule has 276 valence electrons. The van der Waals surface area contributed by atoms with Crippen molar-refractivity contribution in [2.24, 2.45) is 0 Å². The smallest absolute Gasteiger partial charge is 0.227 e. The molecule has 0 aliphatic rings. The predicted molar refractivity (Wildman–Crippen MR) is 246 cm³/mol. The van der Waals surface area contributed by atoms with E-state index in [4.69, 9.17) is 9.40 Å². The molecule has 12 aromatic rings. The summed E-state index contributed by atoms with van der Waals surface area (Å²) >= 11 is 0. The molecule has 0 unspecified atom stereocenters. The molecule has 0 bridgehead atoms. The largest absolute Gasteiger partial charge is 0.435 e. The van der Waals surface area contributed by atoms with E-state index in [9.17, 15) is 0 Å². The third-order valence-corrected chi connectivity index (χ3v) is 11.8. The van der Waals surface area contributed by atoms with Gasteiger partial charge in [-0.2, -0.15) is 0 Å². The van der Waals surface area contributed by atoms with E-state index in [0.29, 0.717) is 5.89 Å². The summed E-state index contributed by atoms with van der Waals surface area (Å²) in [5, 5.41) is 9.28. The van der Waals surface area contributed by atoms with Crippen LogP contribution in [0, 0.1) is 0 Å². The van der Waals surface area contributed by atoms with Crippen LogP contribution >= 0.6 is 0 Å². The Kier molecular flexibility index (Phi) is 7.50. The average Bonchev–Trinajstić information content (AvgIpc) is 3.90. The second-order valence-corrected chi connectivity index (χ2v) is 15.1. The van der Waals surface area contributed by atoms with Crippen LogP contribution in [0.1, 0.15) is 0 Å². The van der Waals surface area contributed by atoms with E-state index in [1.165, 1.54) is 38.1 Å². The summed E-state index contributed by atoms with van der Waals surface area (Å²) in [4.78, 5) is 7.33. The number of aromatic nitrogens is 2. The maximum Gasteiger partial charge on any atom is 0.227 e. The first-order valence-corrected chi connectivity index (χ1v) is 20.0. The predicted octanol–water partition coefficient (Wildman–Crippen LogP) is 15.2. The standard InChI is InChI=1S/C55H35N3O/c1-3-14-40(15-4-1)55-56-49-34-30-39-26-25-38-29-33-43(35-48(38)52(39)54(49)59-55)57(50-24-11-16-36-13-7-8-19-44(36)50)42-31-27-37(28-32-42)45-21-12-22-47-46-20-9-10-23-51(46)58(53(45)47)41-17-5-2-6-18-41/h1-35H. The number of nitrogens with zero attached hydrogens (tertiary/aromatic N) is 3. The van der Waals surface area contributed by atoms with E-state index >= 15 is 0 Å². The monoisotopic (exact) mass is 753 g/mol. The number of rotatable bonds is 6. The van der Waals surface area contributed by atoms with Gasteiger partial charge in [0.2, 0.25) is 5.89 Å². The number of hydrogen-bond donors (Lipinski definition) is 0. The molecule has 2 heterocycles. The van der Waals surface area contributed by atoms with Gasteiger partial charge in [0.1, 0.15) is 5.52 Å². The van der Waals surface area contributed by atoms with Crippen molar-refractivity contribution < 1.29 is 4.42 Å². The summed E-state index contributed by atoms with van der Waals surface area (Å²) in [5.41, 5.74) is 11.7. The molecule has 0 aliphatic carbocycles. The summed E-state index contributed by atoms with van der Waals surface area (Å²) < 4.78 is 9.02. The molecule has 0 saturated carbocycles. The van der Waals surface area contributed by atoms with Gasteiger partial charge in [0, 0.05) is 49.7 Å². The van der Waals surface area contributed by atoms with Crippen LogP contribution in [-0.2, 0) is 0 Å². The number of para-hydroxylation sites is 3. The lowest BCUT2D eigenvalue weighted by Gasteiger charge is -2.27. The van der Waals surface area contributed by atoms with Gasteiger partial charge < -0.3 is 13.9 Å². The number of oxazole rings is 1. The first-order valence-electron chi connectivity index (χ1n) is 20.0. The molecule has 0 N–H and O–H groups in total. The third kappa shape index (κ3) is 5.34. The number of benzene rings is 10. The summed E-state index contributed by atoms with van der Waals surface area (Å²) in [5.74, 6) is 0.624. The molecule has 0 amide bonds. The highest BCUT2D eigenvalue weighted by Crippen LogP contribution is 2.44. The van der Waals surface area contributed by atoms with Crippen molar-refractivity contribution in [3.8, 4) is 28.3 Å². The summed E-state index contributed by atoms with van der Waals surface area (Å²) in [6.45, 7) is 0. The number of fused-ring (bicyclic) bond motifs is 9. The highest BCUT2D eigenvalue weighted by molar-refractivity contribution is 6.19. The molecule has 0 fully saturated rings. The number of hydrogen-bond acceptors (Lipinski definition) is 3. The lowest BCUT2D eigenvalue weighted by atomic mass is 9.99. The second kappa shape index (κ2) is 13.3. The van der Waals surface area contributed by atoms with Crippen molar-refractivity contribution in [1.29, 1.82) is 0 Å². The third-order valence-electron chi connectivity index (χ3n) is 11.8. The highest BCUT2D eigenvalue weighted by Gasteiger charge is 2.20. The van der Waals surface area contributed by atoms with Gasteiger partial charge in [-0.1, -0.05) is 146 Å². The van der Waals surface area contributed by atoms with E-state index in [1.807, 2.05) is 30.3 Å². The topological polar surface area (TPSA) is 34.2 Å². The van der Waals surface area contributed by atoms with Crippen molar-refractivity contribution in [2.45, 2.75) is 0 Å². The Balaban J connectivity index is 1.06. The van der Waals surface area contributed by atoms with Crippen molar-refractivity contribution in [3.05, 3.63) is 212 Å². The Morgan fingerprint density at radius 2 is 1.08 bits per heavy atom. The zero-order valence-corrected chi connectivity index (χ0v) is 32.0. The molecule has 4 heteroatoms. The molecule has 0 aliphatic heterocycles. The molecule has 0 saturated heterocycles. The van der Waals surface area contributed by atoms with Gasteiger partial charge >= 0.3 is 0 Å². The van der Waals surface area contributed by atoms with Crippen LogP contribution in [0.3, 0.4) is 0 Å². The van der Waals surface area contributed by atoms with E-state index in [1.54, 1.807) is 0 Å². The maximum atomic E-state index is 6.62. The molecular formula is C55H35N3O. The fourth-order valence-electron chi connectivity index (χ4n) is 9.07. The first-order chi connectivity index (χ1) is 29.3. The van der Waals surface area contributed by atoms with Crippen molar-refractivity contribution in [2.75, 3.05) is 4.90 Å². The lowest BCUT2D eigenvalue weighted by molar-refractivity contribution is 0.623. The molecule has 59 heavy (non-hydrogen) atoms. The fourth-order valence-corrected chi connectivity index (χ4v) is 9.07. The summed E-state index contributed by atoms with van der Waals surface area (Å²) in [6.07, 6.45) is 0. The molecule has 10 aromatic carbocycles. The zero-order valence-electron chi connectivity index (χ0n) is 32.0. The van der Waals surface area contributed by atoms with Crippen LogP contribution in [0.15, 0.2) is 217 Å². The minimum absolute atomic E-state index is 0.624. The maximum absolute atomic E-state index is 6.62. The first kappa shape index (κ1) is 33.2. The van der Waals surface area contributed by atoms with Crippen LogP contribution in [0.4, 0.5) is 17.1 Å². The van der Waals surface area contributed by atoms with Gasteiger partial charge in [-0.3, -0.25) is 0 Å².